The third kappa shape index (κ3) is 4.07. The van der Waals surface area contributed by atoms with Gasteiger partial charge in [-0.3, -0.25) is 0 Å². The molecule has 2 aromatic rings. The molecule has 3 rings (SSSR count). The van der Waals surface area contributed by atoms with Crippen LogP contribution >= 0.6 is 0 Å². The number of morpholine rings is 1. The molecule has 0 radical (unpaired) electrons. The second-order valence-corrected chi connectivity index (χ2v) is 7.68. The Morgan fingerprint density at radius 3 is 2.20 bits per heavy atom. The lowest BCUT2D eigenvalue weighted by Crippen LogP contribution is -2.40. The van der Waals surface area contributed by atoms with Crippen molar-refractivity contribution in [2.45, 2.75) is 11.8 Å². The van der Waals surface area contributed by atoms with Crippen LogP contribution in [0.25, 0.3) is 0 Å². The molecule has 0 atom stereocenters. The summed E-state index contributed by atoms with van der Waals surface area (Å²) in [6.45, 7) is 3.39. The summed E-state index contributed by atoms with van der Waals surface area (Å²) in [5.74, 6) is -0.0835. The Bertz CT molecular complexity index is 838. The summed E-state index contributed by atoms with van der Waals surface area (Å²) in [5, 5.41) is 0. The van der Waals surface area contributed by atoms with Gasteiger partial charge < -0.3 is 9.47 Å². The third-order valence-corrected chi connectivity index (χ3v) is 5.84. The van der Waals surface area contributed by atoms with E-state index in [1.807, 2.05) is 19.1 Å². The van der Waals surface area contributed by atoms with Crippen molar-refractivity contribution >= 4 is 16.0 Å². The normalized spacial score (nSPS) is 15.7. The van der Waals surface area contributed by atoms with Gasteiger partial charge in [0.25, 0.3) is 0 Å². The van der Waals surface area contributed by atoms with E-state index in [4.69, 9.17) is 9.47 Å². The van der Waals surface area contributed by atoms with E-state index in [-0.39, 0.29) is 4.90 Å². The van der Waals surface area contributed by atoms with Crippen molar-refractivity contribution in [2.75, 3.05) is 26.3 Å². The zero-order valence-corrected chi connectivity index (χ0v) is 14.7. The Morgan fingerprint density at radius 1 is 1.00 bits per heavy atom. The molecule has 1 fully saturated rings. The monoisotopic (exact) mass is 361 g/mol. The topological polar surface area (TPSA) is 72.9 Å². The molecule has 25 heavy (non-hydrogen) atoms. The average molecular weight is 361 g/mol. The summed E-state index contributed by atoms with van der Waals surface area (Å²) >= 11 is 0. The molecular formula is C18H19NO5S. The molecule has 0 aromatic heterocycles. The van der Waals surface area contributed by atoms with Gasteiger partial charge in [-0.05, 0) is 43.3 Å². The van der Waals surface area contributed by atoms with Gasteiger partial charge >= 0.3 is 5.97 Å². The van der Waals surface area contributed by atoms with Gasteiger partial charge in [0.1, 0.15) is 5.75 Å². The standard InChI is InChI=1S/C18H19NO5S/c1-14-2-6-16(7-3-14)24-18(20)15-4-8-17(9-5-15)25(21,22)19-10-12-23-13-11-19/h2-9H,10-13H2,1H3. The molecule has 7 heteroatoms. The van der Waals surface area contributed by atoms with Crippen LogP contribution in [0.1, 0.15) is 15.9 Å². The predicted molar refractivity (Wildman–Crippen MR) is 92.2 cm³/mol. The van der Waals surface area contributed by atoms with Crippen molar-refractivity contribution in [1.29, 1.82) is 0 Å². The second kappa shape index (κ2) is 7.35. The smallest absolute Gasteiger partial charge is 0.343 e. The van der Waals surface area contributed by atoms with Crippen molar-refractivity contribution < 1.29 is 22.7 Å². The fraction of sp³-hybridized carbons (Fsp3) is 0.278. The lowest BCUT2D eigenvalue weighted by Gasteiger charge is -2.26. The molecule has 0 saturated carbocycles. The van der Waals surface area contributed by atoms with E-state index in [1.54, 1.807) is 12.1 Å². The van der Waals surface area contributed by atoms with Crippen LogP contribution in [0.3, 0.4) is 0 Å². The van der Waals surface area contributed by atoms with E-state index < -0.39 is 16.0 Å². The van der Waals surface area contributed by atoms with E-state index >= 15 is 0 Å². The zero-order chi connectivity index (χ0) is 17.9. The highest BCUT2D eigenvalue weighted by Gasteiger charge is 2.26. The van der Waals surface area contributed by atoms with Gasteiger partial charge in [-0.2, -0.15) is 4.31 Å². The lowest BCUT2D eigenvalue weighted by molar-refractivity contribution is 0.0730. The summed E-state index contributed by atoms with van der Waals surface area (Å²) in [6, 6.07) is 12.9. The molecule has 0 bridgehead atoms. The van der Waals surface area contributed by atoms with Gasteiger partial charge in [0.05, 0.1) is 23.7 Å². The number of aryl methyl sites for hydroxylation is 1. The number of sulfonamides is 1. The van der Waals surface area contributed by atoms with E-state index in [9.17, 15) is 13.2 Å². The fourth-order valence-corrected chi connectivity index (χ4v) is 3.88. The summed E-state index contributed by atoms with van der Waals surface area (Å²) < 4.78 is 36.9. The van der Waals surface area contributed by atoms with Crippen LogP contribution in [0.2, 0.25) is 0 Å². The number of hydrogen-bond donors (Lipinski definition) is 0. The fourth-order valence-electron chi connectivity index (χ4n) is 2.47. The van der Waals surface area contributed by atoms with Crippen molar-refractivity contribution in [3.63, 3.8) is 0 Å². The number of ether oxygens (including phenoxy) is 2. The molecular weight excluding hydrogens is 342 g/mol. The predicted octanol–water partition coefficient (Wildman–Crippen LogP) is 2.24. The van der Waals surface area contributed by atoms with E-state index in [0.29, 0.717) is 37.6 Å². The first-order valence-electron chi connectivity index (χ1n) is 7.93. The highest BCUT2D eigenvalue weighted by molar-refractivity contribution is 7.89. The van der Waals surface area contributed by atoms with Crippen molar-refractivity contribution in [2.24, 2.45) is 0 Å². The molecule has 2 aromatic carbocycles. The van der Waals surface area contributed by atoms with E-state index in [1.165, 1.54) is 28.6 Å². The van der Waals surface area contributed by atoms with Gasteiger partial charge in [0.2, 0.25) is 10.0 Å². The van der Waals surface area contributed by atoms with Crippen LogP contribution in [-0.4, -0.2) is 45.0 Å². The SMILES string of the molecule is Cc1ccc(OC(=O)c2ccc(S(=O)(=O)N3CCOCC3)cc2)cc1. The van der Waals surface area contributed by atoms with Crippen molar-refractivity contribution in [3.8, 4) is 5.75 Å². The van der Waals surface area contributed by atoms with Crippen LogP contribution in [0.5, 0.6) is 5.75 Å². The van der Waals surface area contributed by atoms with Gasteiger partial charge in [-0.1, -0.05) is 17.7 Å². The molecule has 6 nitrogen and oxygen atoms in total. The highest BCUT2D eigenvalue weighted by atomic mass is 32.2. The minimum atomic E-state index is -3.57. The molecule has 0 amide bonds. The van der Waals surface area contributed by atoms with E-state index in [0.717, 1.165) is 5.56 Å². The second-order valence-electron chi connectivity index (χ2n) is 5.74. The number of benzene rings is 2. The molecule has 1 saturated heterocycles. The number of carbonyl (C=O) groups excluding carboxylic acids is 1. The molecule has 0 aliphatic carbocycles. The summed E-state index contributed by atoms with van der Waals surface area (Å²) in [6.07, 6.45) is 0. The van der Waals surface area contributed by atoms with Crippen molar-refractivity contribution in [1.82, 2.24) is 4.31 Å². The first-order chi connectivity index (χ1) is 12.0. The van der Waals surface area contributed by atoms with Crippen LogP contribution in [0.4, 0.5) is 0 Å². The number of carbonyl (C=O) groups is 1. The quantitative estimate of drug-likeness (QED) is 0.617. The molecule has 0 spiro atoms. The zero-order valence-electron chi connectivity index (χ0n) is 13.8. The maximum Gasteiger partial charge on any atom is 0.343 e. The molecule has 1 aliphatic heterocycles. The van der Waals surface area contributed by atoms with Gasteiger partial charge in [0, 0.05) is 13.1 Å². The van der Waals surface area contributed by atoms with Crippen molar-refractivity contribution in [3.05, 3.63) is 59.7 Å². The minimum absolute atomic E-state index is 0.154. The molecule has 132 valence electrons. The highest BCUT2D eigenvalue weighted by Crippen LogP contribution is 2.19. The summed E-state index contributed by atoms with van der Waals surface area (Å²) in [5.41, 5.74) is 1.36. The number of esters is 1. The maximum absolute atomic E-state index is 12.5. The Kier molecular flexibility index (Phi) is 5.17. The minimum Gasteiger partial charge on any atom is -0.423 e. The Hall–Kier alpha value is -2.22. The Morgan fingerprint density at radius 2 is 1.60 bits per heavy atom. The first kappa shape index (κ1) is 17.6. The molecule has 0 unspecified atom stereocenters. The van der Waals surface area contributed by atoms with E-state index in [2.05, 4.69) is 0 Å². The van der Waals surface area contributed by atoms with Crippen LogP contribution < -0.4 is 4.74 Å². The summed E-state index contributed by atoms with van der Waals surface area (Å²) in [4.78, 5) is 12.3. The lowest BCUT2D eigenvalue weighted by atomic mass is 10.2. The van der Waals surface area contributed by atoms with Crippen LogP contribution in [0.15, 0.2) is 53.4 Å². The molecule has 1 aliphatic rings. The van der Waals surface area contributed by atoms with Gasteiger partial charge in [-0.15, -0.1) is 0 Å². The average Bonchev–Trinajstić information content (AvgIpc) is 2.64. The maximum atomic E-state index is 12.5. The first-order valence-corrected chi connectivity index (χ1v) is 9.38. The molecule has 0 N–H and O–H groups in total. The van der Waals surface area contributed by atoms with Gasteiger partial charge in [0.15, 0.2) is 0 Å². The van der Waals surface area contributed by atoms with Crippen LogP contribution in [-0.2, 0) is 14.8 Å². The Balaban J connectivity index is 1.73. The summed E-state index contributed by atoms with van der Waals surface area (Å²) in [7, 11) is -3.57. The van der Waals surface area contributed by atoms with Gasteiger partial charge in [-0.25, -0.2) is 13.2 Å². The number of rotatable bonds is 4. The molecule has 1 heterocycles. The number of hydrogen-bond acceptors (Lipinski definition) is 5. The largest absolute Gasteiger partial charge is 0.423 e. The number of nitrogens with zero attached hydrogens (tertiary/aromatic N) is 1. The van der Waals surface area contributed by atoms with Crippen LogP contribution in [0, 0.1) is 6.92 Å². The Labute approximate surface area is 147 Å². The third-order valence-electron chi connectivity index (χ3n) is 3.93.